The number of carbonyl (C=O) groups excluding carboxylic acids is 1. The number of carbonyl (C=O) groups is 1. The van der Waals surface area contributed by atoms with Gasteiger partial charge in [-0.3, -0.25) is 9.48 Å². The molecule has 0 spiro atoms. The van der Waals surface area contributed by atoms with Crippen molar-refractivity contribution in [2.45, 2.75) is 25.8 Å². The van der Waals surface area contributed by atoms with E-state index in [0.29, 0.717) is 5.56 Å². The third-order valence-electron chi connectivity index (χ3n) is 5.45. The molecule has 1 aliphatic rings. The van der Waals surface area contributed by atoms with Crippen molar-refractivity contribution in [1.29, 1.82) is 0 Å². The fourth-order valence-electron chi connectivity index (χ4n) is 3.87. The second-order valence-electron chi connectivity index (χ2n) is 7.38. The van der Waals surface area contributed by atoms with E-state index in [9.17, 15) is 4.79 Å². The van der Waals surface area contributed by atoms with Crippen molar-refractivity contribution in [3.8, 4) is 0 Å². The second-order valence-corrected chi connectivity index (χ2v) is 7.38. The van der Waals surface area contributed by atoms with E-state index in [-0.39, 0.29) is 11.9 Å². The predicted octanol–water partition coefficient (Wildman–Crippen LogP) is 3.02. The first-order chi connectivity index (χ1) is 13.0. The lowest BCUT2D eigenvalue weighted by Gasteiger charge is -2.38. The molecule has 1 fully saturated rings. The molecule has 0 bridgehead atoms. The maximum atomic E-state index is 12.8. The van der Waals surface area contributed by atoms with E-state index in [1.807, 2.05) is 31.1 Å². The Morgan fingerprint density at radius 2 is 2.11 bits per heavy atom. The Kier molecular flexibility index (Phi) is 4.56. The van der Waals surface area contributed by atoms with Crippen molar-refractivity contribution in [3.05, 3.63) is 53.9 Å². The van der Waals surface area contributed by atoms with Crippen molar-refractivity contribution < 1.29 is 4.79 Å². The minimum atomic E-state index is 0.0256. The summed E-state index contributed by atoms with van der Waals surface area (Å²) in [5.41, 5.74) is 2.89. The Labute approximate surface area is 159 Å². The SMILES string of the molecule is Cc1cc(N2CCCC(N(C)C(=O)c3cnn(C)c3)C2)nc2ccccc12. The molecule has 0 aliphatic carbocycles. The van der Waals surface area contributed by atoms with Gasteiger partial charge in [0, 0.05) is 44.8 Å². The van der Waals surface area contributed by atoms with Gasteiger partial charge in [-0.05, 0) is 37.5 Å². The van der Waals surface area contributed by atoms with Gasteiger partial charge in [-0.15, -0.1) is 0 Å². The van der Waals surface area contributed by atoms with Crippen molar-refractivity contribution in [2.75, 3.05) is 25.0 Å². The number of aryl methyl sites for hydroxylation is 2. The third kappa shape index (κ3) is 3.39. The molecule has 6 heteroatoms. The number of aromatic nitrogens is 3. The number of likely N-dealkylation sites (N-methyl/N-ethyl adjacent to an activating group) is 1. The molecular formula is C21H25N5O. The normalized spacial score (nSPS) is 17.3. The highest BCUT2D eigenvalue weighted by molar-refractivity contribution is 5.93. The predicted molar refractivity (Wildman–Crippen MR) is 107 cm³/mol. The maximum Gasteiger partial charge on any atom is 0.257 e. The minimum absolute atomic E-state index is 0.0256. The van der Waals surface area contributed by atoms with Crippen LogP contribution in [0.15, 0.2) is 42.7 Å². The van der Waals surface area contributed by atoms with E-state index in [1.165, 1.54) is 10.9 Å². The first kappa shape index (κ1) is 17.5. The lowest BCUT2D eigenvalue weighted by atomic mass is 10.0. The number of anilines is 1. The lowest BCUT2D eigenvalue weighted by molar-refractivity contribution is 0.0717. The van der Waals surface area contributed by atoms with Gasteiger partial charge in [0.2, 0.25) is 0 Å². The smallest absolute Gasteiger partial charge is 0.257 e. The average Bonchev–Trinajstić information content (AvgIpc) is 3.13. The number of rotatable bonds is 3. The van der Waals surface area contributed by atoms with Crippen LogP contribution >= 0.6 is 0 Å². The zero-order valence-electron chi connectivity index (χ0n) is 16.1. The molecule has 1 saturated heterocycles. The summed E-state index contributed by atoms with van der Waals surface area (Å²) in [6.45, 7) is 3.90. The average molecular weight is 363 g/mol. The van der Waals surface area contributed by atoms with E-state index in [1.54, 1.807) is 17.1 Å². The van der Waals surface area contributed by atoms with Crippen LogP contribution in [0.4, 0.5) is 5.82 Å². The number of para-hydroxylation sites is 1. The maximum absolute atomic E-state index is 12.8. The minimum Gasteiger partial charge on any atom is -0.355 e. The van der Waals surface area contributed by atoms with Crippen LogP contribution in [0.25, 0.3) is 10.9 Å². The molecule has 3 aromatic rings. The first-order valence-electron chi connectivity index (χ1n) is 9.40. The van der Waals surface area contributed by atoms with E-state index in [0.717, 1.165) is 37.3 Å². The first-order valence-corrected chi connectivity index (χ1v) is 9.40. The quantitative estimate of drug-likeness (QED) is 0.718. The molecule has 2 aromatic heterocycles. The Morgan fingerprint density at radius 3 is 2.89 bits per heavy atom. The monoisotopic (exact) mass is 363 g/mol. The van der Waals surface area contributed by atoms with Gasteiger partial charge in [-0.25, -0.2) is 4.98 Å². The van der Waals surface area contributed by atoms with Crippen molar-refractivity contribution in [2.24, 2.45) is 7.05 Å². The summed E-state index contributed by atoms with van der Waals surface area (Å²) < 4.78 is 1.66. The van der Waals surface area contributed by atoms with Crippen LogP contribution < -0.4 is 4.90 Å². The summed E-state index contributed by atoms with van der Waals surface area (Å²) in [7, 11) is 3.72. The van der Waals surface area contributed by atoms with E-state index < -0.39 is 0 Å². The standard InChI is InChI=1S/C21H25N5O/c1-15-11-20(23-19-9-5-4-8-18(15)19)26-10-6-7-17(14-26)25(3)21(27)16-12-22-24(2)13-16/h4-5,8-9,11-13,17H,6-7,10,14H2,1-3H3. The van der Waals surface area contributed by atoms with Gasteiger partial charge in [-0.1, -0.05) is 18.2 Å². The second kappa shape index (κ2) is 7.02. The van der Waals surface area contributed by atoms with Crippen LogP contribution in [0.2, 0.25) is 0 Å². The molecule has 1 amide bonds. The zero-order chi connectivity index (χ0) is 19.0. The number of amides is 1. The van der Waals surface area contributed by atoms with Gasteiger partial charge in [0.25, 0.3) is 5.91 Å². The fraction of sp³-hybridized carbons (Fsp3) is 0.381. The topological polar surface area (TPSA) is 54.3 Å². The summed E-state index contributed by atoms with van der Waals surface area (Å²) in [4.78, 5) is 21.8. The third-order valence-corrected chi connectivity index (χ3v) is 5.45. The fourth-order valence-corrected chi connectivity index (χ4v) is 3.87. The Hall–Kier alpha value is -2.89. The molecule has 1 atom stereocenters. The molecule has 1 aliphatic heterocycles. The van der Waals surface area contributed by atoms with E-state index >= 15 is 0 Å². The number of pyridine rings is 1. The van der Waals surface area contributed by atoms with Crippen LogP contribution in [0, 0.1) is 6.92 Å². The summed E-state index contributed by atoms with van der Waals surface area (Å²) in [6.07, 6.45) is 5.45. The van der Waals surface area contributed by atoms with Gasteiger partial charge >= 0.3 is 0 Å². The van der Waals surface area contributed by atoms with Crippen LogP contribution in [0.3, 0.4) is 0 Å². The van der Waals surface area contributed by atoms with Gasteiger partial charge in [0.05, 0.1) is 17.3 Å². The molecule has 1 aromatic carbocycles. The van der Waals surface area contributed by atoms with Gasteiger partial charge in [0.1, 0.15) is 5.82 Å². The van der Waals surface area contributed by atoms with Gasteiger partial charge in [-0.2, -0.15) is 5.10 Å². The summed E-state index contributed by atoms with van der Waals surface area (Å²) >= 11 is 0. The molecule has 140 valence electrons. The molecule has 27 heavy (non-hydrogen) atoms. The number of benzene rings is 1. The van der Waals surface area contributed by atoms with Crippen molar-refractivity contribution in [1.82, 2.24) is 19.7 Å². The molecule has 1 unspecified atom stereocenters. The van der Waals surface area contributed by atoms with Crippen LogP contribution in [0.5, 0.6) is 0 Å². The van der Waals surface area contributed by atoms with Crippen LogP contribution in [0.1, 0.15) is 28.8 Å². The van der Waals surface area contributed by atoms with Crippen molar-refractivity contribution in [3.63, 3.8) is 0 Å². The Balaban J connectivity index is 1.55. The highest BCUT2D eigenvalue weighted by Gasteiger charge is 2.28. The van der Waals surface area contributed by atoms with Crippen LogP contribution in [-0.2, 0) is 7.05 Å². The molecule has 4 rings (SSSR count). The van der Waals surface area contributed by atoms with Crippen molar-refractivity contribution >= 4 is 22.6 Å². The van der Waals surface area contributed by atoms with Gasteiger partial charge in [0.15, 0.2) is 0 Å². The lowest BCUT2D eigenvalue weighted by Crippen LogP contribution is -2.48. The zero-order valence-corrected chi connectivity index (χ0v) is 16.1. The number of hydrogen-bond acceptors (Lipinski definition) is 4. The highest BCUT2D eigenvalue weighted by atomic mass is 16.2. The molecule has 3 heterocycles. The highest BCUT2D eigenvalue weighted by Crippen LogP contribution is 2.26. The number of hydrogen-bond donors (Lipinski definition) is 0. The molecular weight excluding hydrogens is 338 g/mol. The molecule has 0 saturated carbocycles. The van der Waals surface area contributed by atoms with Crippen LogP contribution in [-0.4, -0.2) is 51.8 Å². The summed E-state index contributed by atoms with van der Waals surface area (Å²) in [5, 5.41) is 5.31. The summed E-state index contributed by atoms with van der Waals surface area (Å²) in [6, 6.07) is 10.6. The number of fused-ring (bicyclic) bond motifs is 1. The summed E-state index contributed by atoms with van der Waals surface area (Å²) in [5.74, 6) is 1.02. The van der Waals surface area contributed by atoms with Gasteiger partial charge < -0.3 is 9.80 Å². The Bertz CT molecular complexity index is 980. The largest absolute Gasteiger partial charge is 0.355 e. The number of nitrogens with zero attached hydrogens (tertiary/aromatic N) is 5. The Morgan fingerprint density at radius 1 is 1.30 bits per heavy atom. The van der Waals surface area contributed by atoms with E-state index in [4.69, 9.17) is 4.98 Å². The molecule has 6 nitrogen and oxygen atoms in total. The molecule has 0 N–H and O–H groups in total. The molecule has 0 radical (unpaired) electrons. The number of piperidine rings is 1. The van der Waals surface area contributed by atoms with E-state index in [2.05, 4.69) is 35.1 Å².